The van der Waals surface area contributed by atoms with Crippen molar-refractivity contribution in [1.82, 2.24) is 9.29 Å². The van der Waals surface area contributed by atoms with Gasteiger partial charge in [0.05, 0.1) is 22.0 Å². The molecule has 2 rings (SSSR count). The van der Waals surface area contributed by atoms with Gasteiger partial charge in [-0.3, -0.25) is 4.79 Å². The molecular formula is C17H23N3O3S2. The normalized spacial score (nSPS) is 11.7. The zero-order valence-corrected chi connectivity index (χ0v) is 16.5. The Labute approximate surface area is 153 Å². The van der Waals surface area contributed by atoms with Crippen LogP contribution in [-0.2, 0) is 21.2 Å². The van der Waals surface area contributed by atoms with Gasteiger partial charge in [-0.05, 0) is 31.5 Å². The Balaban J connectivity index is 2.22. The van der Waals surface area contributed by atoms with Crippen LogP contribution in [0.15, 0.2) is 28.5 Å². The summed E-state index contributed by atoms with van der Waals surface area (Å²) in [5.74, 6) is -0.222. The first-order chi connectivity index (χ1) is 11.8. The zero-order chi connectivity index (χ0) is 18.6. The number of thiazole rings is 1. The van der Waals surface area contributed by atoms with Crippen LogP contribution in [0.1, 0.15) is 30.1 Å². The second kappa shape index (κ2) is 8.07. The summed E-state index contributed by atoms with van der Waals surface area (Å²) in [4.78, 5) is 16.7. The number of carbonyl (C=O) groups excluding carboxylic acids is 1. The lowest BCUT2D eigenvalue weighted by atomic mass is 10.2. The van der Waals surface area contributed by atoms with Crippen molar-refractivity contribution in [2.24, 2.45) is 0 Å². The summed E-state index contributed by atoms with van der Waals surface area (Å²) in [6.07, 6.45) is 0.163. The molecule has 136 valence electrons. The van der Waals surface area contributed by atoms with Crippen molar-refractivity contribution in [3.05, 3.63) is 39.8 Å². The number of carbonyl (C=O) groups is 1. The van der Waals surface area contributed by atoms with E-state index >= 15 is 0 Å². The molecule has 0 aliphatic rings. The first-order valence-corrected chi connectivity index (χ1v) is 10.4. The van der Waals surface area contributed by atoms with Crippen LogP contribution in [0.25, 0.3) is 0 Å². The molecule has 1 amide bonds. The molecule has 0 saturated heterocycles. The summed E-state index contributed by atoms with van der Waals surface area (Å²) in [7, 11) is -3.57. The minimum absolute atomic E-state index is 0.163. The highest BCUT2D eigenvalue weighted by Gasteiger charge is 2.24. The van der Waals surface area contributed by atoms with Crippen molar-refractivity contribution in [1.29, 1.82) is 0 Å². The summed E-state index contributed by atoms with van der Waals surface area (Å²) < 4.78 is 26.9. The highest BCUT2D eigenvalue weighted by molar-refractivity contribution is 7.89. The highest BCUT2D eigenvalue weighted by atomic mass is 32.2. The van der Waals surface area contributed by atoms with Crippen molar-refractivity contribution < 1.29 is 13.2 Å². The molecule has 0 aliphatic heterocycles. The molecule has 1 heterocycles. The summed E-state index contributed by atoms with van der Waals surface area (Å²) >= 11 is 1.49. The van der Waals surface area contributed by atoms with Gasteiger partial charge in [-0.2, -0.15) is 4.31 Å². The first-order valence-electron chi connectivity index (χ1n) is 8.09. The Morgan fingerprint density at radius 2 is 1.92 bits per heavy atom. The molecule has 8 heteroatoms. The molecule has 0 fully saturated rings. The topological polar surface area (TPSA) is 79.4 Å². The zero-order valence-electron chi connectivity index (χ0n) is 14.9. The number of hydrogen-bond acceptors (Lipinski definition) is 5. The van der Waals surface area contributed by atoms with Gasteiger partial charge in [0.15, 0.2) is 0 Å². The maximum Gasteiger partial charge on any atom is 0.243 e. The monoisotopic (exact) mass is 381 g/mol. The van der Waals surface area contributed by atoms with E-state index in [0.717, 1.165) is 5.01 Å². The summed E-state index contributed by atoms with van der Waals surface area (Å²) in [6.45, 7) is 8.04. The third-order valence-electron chi connectivity index (χ3n) is 3.80. The fourth-order valence-electron chi connectivity index (χ4n) is 2.52. The Morgan fingerprint density at radius 3 is 2.48 bits per heavy atom. The molecule has 0 saturated carbocycles. The van der Waals surface area contributed by atoms with Crippen LogP contribution in [0.3, 0.4) is 0 Å². The van der Waals surface area contributed by atoms with E-state index in [2.05, 4.69) is 10.3 Å². The minimum Gasteiger partial charge on any atom is -0.326 e. The number of anilines is 1. The molecule has 1 N–H and O–H groups in total. The fraction of sp³-hybridized carbons (Fsp3) is 0.412. The molecule has 1 aromatic heterocycles. The van der Waals surface area contributed by atoms with Crippen LogP contribution in [0.2, 0.25) is 0 Å². The second-order valence-corrected chi connectivity index (χ2v) is 8.62. The van der Waals surface area contributed by atoms with E-state index in [9.17, 15) is 13.2 Å². The second-order valence-electron chi connectivity index (χ2n) is 5.65. The molecule has 0 radical (unpaired) electrons. The molecule has 1 aromatic carbocycles. The molecule has 0 unspecified atom stereocenters. The lowest BCUT2D eigenvalue weighted by molar-refractivity contribution is -0.115. The van der Waals surface area contributed by atoms with Gasteiger partial charge in [0.1, 0.15) is 0 Å². The number of nitrogens with zero attached hydrogens (tertiary/aromatic N) is 2. The predicted octanol–water partition coefficient (Wildman–Crippen LogP) is 2.97. The largest absolute Gasteiger partial charge is 0.326 e. The fourth-order valence-corrected chi connectivity index (χ4v) is 4.84. The van der Waals surface area contributed by atoms with Crippen LogP contribution >= 0.6 is 11.3 Å². The van der Waals surface area contributed by atoms with Gasteiger partial charge < -0.3 is 5.32 Å². The molecule has 0 bridgehead atoms. The van der Waals surface area contributed by atoms with Crippen molar-refractivity contribution in [2.45, 2.75) is 39.0 Å². The lowest BCUT2D eigenvalue weighted by Crippen LogP contribution is -2.31. The Bertz CT molecular complexity index is 856. The number of sulfonamides is 1. The Hall–Kier alpha value is -1.77. The van der Waals surface area contributed by atoms with Gasteiger partial charge in [-0.25, -0.2) is 13.4 Å². The third-order valence-corrected chi connectivity index (χ3v) is 6.82. The van der Waals surface area contributed by atoms with E-state index in [1.165, 1.54) is 21.7 Å². The van der Waals surface area contributed by atoms with Crippen LogP contribution in [0.4, 0.5) is 5.69 Å². The van der Waals surface area contributed by atoms with Gasteiger partial charge in [0.25, 0.3) is 0 Å². The SMILES string of the molecule is CCN(CC)S(=O)(=O)c1cc(NC(=O)Cc2csc(C)n2)ccc1C. The quantitative estimate of drug-likeness (QED) is 0.800. The number of aromatic nitrogens is 1. The van der Waals surface area contributed by atoms with Crippen molar-refractivity contribution >= 4 is 33.0 Å². The van der Waals surface area contributed by atoms with Crippen molar-refractivity contribution in [3.63, 3.8) is 0 Å². The average Bonchev–Trinajstić information content (AvgIpc) is 2.94. The lowest BCUT2D eigenvalue weighted by Gasteiger charge is -2.20. The molecule has 2 aromatic rings. The van der Waals surface area contributed by atoms with Crippen LogP contribution < -0.4 is 5.32 Å². The molecule has 6 nitrogen and oxygen atoms in total. The van der Waals surface area contributed by atoms with E-state index in [0.29, 0.717) is 30.0 Å². The van der Waals surface area contributed by atoms with E-state index in [1.54, 1.807) is 32.9 Å². The Morgan fingerprint density at radius 1 is 1.24 bits per heavy atom. The van der Waals surface area contributed by atoms with Gasteiger partial charge in [0, 0.05) is 24.2 Å². The number of nitrogens with one attached hydrogen (secondary N) is 1. The van der Waals surface area contributed by atoms with E-state index < -0.39 is 10.0 Å². The Kier molecular flexibility index (Phi) is 6.31. The standard InChI is InChI=1S/C17H23N3O3S2/c1-5-20(6-2)25(22,23)16-9-14(8-7-12(16)3)19-17(21)10-15-11-24-13(4)18-15/h7-9,11H,5-6,10H2,1-4H3,(H,19,21). The number of aryl methyl sites for hydroxylation is 2. The maximum atomic E-state index is 12.8. The number of hydrogen-bond donors (Lipinski definition) is 1. The van der Waals surface area contributed by atoms with Crippen LogP contribution in [0, 0.1) is 13.8 Å². The molecule has 25 heavy (non-hydrogen) atoms. The van der Waals surface area contributed by atoms with Gasteiger partial charge in [-0.15, -0.1) is 11.3 Å². The van der Waals surface area contributed by atoms with Gasteiger partial charge in [-0.1, -0.05) is 19.9 Å². The molecule has 0 atom stereocenters. The average molecular weight is 382 g/mol. The number of benzene rings is 1. The maximum absolute atomic E-state index is 12.8. The van der Waals surface area contributed by atoms with Gasteiger partial charge in [0.2, 0.25) is 15.9 Å². The van der Waals surface area contributed by atoms with E-state index in [1.807, 2.05) is 12.3 Å². The number of amides is 1. The summed E-state index contributed by atoms with van der Waals surface area (Å²) in [5, 5.41) is 5.51. The first kappa shape index (κ1) is 19.6. The van der Waals surface area contributed by atoms with Gasteiger partial charge >= 0.3 is 0 Å². The number of rotatable bonds is 7. The van der Waals surface area contributed by atoms with Crippen molar-refractivity contribution in [3.8, 4) is 0 Å². The summed E-state index contributed by atoms with van der Waals surface area (Å²) in [6, 6.07) is 4.94. The van der Waals surface area contributed by atoms with Crippen molar-refractivity contribution in [2.75, 3.05) is 18.4 Å². The van der Waals surface area contributed by atoms with E-state index in [-0.39, 0.29) is 17.2 Å². The van der Waals surface area contributed by atoms with E-state index in [4.69, 9.17) is 0 Å². The van der Waals surface area contributed by atoms with Crippen LogP contribution in [-0.4, -0.2) is 36.7 Å². The molecule has 0 spiro atoms. The summed E-state index contributed by atoms with van der Waals surface area (Å²) in [5.41, 5.74) is 1.83. The third kappa shape index (κ3) is 4.65. The smallest absolute Gasteiger partial charge is 0.243 e. The van der Waals surface area contributed by atoms with Crippen LogP contribution in [0.5, 0.6) is 0 Å². The molecule has 0 aliphatic carbocycles. The predicted molar refractivity (Wildman–Crippen MR) is 100 cm³/mol. The minimum atomic E-state index is -3.57. The molecular weight excluding hydrogens is 358 g/mol. The highest BCUT2D eigenvalue weighted by Crippen LogP contribution is 2.23.